The molecule has 0 radical (unpaired) electrons. The van der Waals surface area contributed by atoms with Gasteiger partial charge in [-0.05, 0) is 73.1 Å². The Morgan fingerprint density at radius 1 is 1.16 bits per heavy atom. The van der Waals surface area contributed by atoms with E-state index in [0.717, 1.165) is 24.8 Å². The van der Waals surface area contributed by atoms with Gasteiger partial charge < -0.3 is 14.6 Å². The van der Waals surface area contributed by atoms with E-state index in [-0.39, 0.29) is 17.2 Å². The van der Waals surface area contributed by atoms with Gasteiger partial charge in [-0.3, -0.25) is 0 Å². The highest BCUT2D eigenvalue weighted by Crippen LogP contribution is 2.46. The number of fused-ring (bicyclic) bond motifs is 1. The van der Waals surface area contributed by atoms with E-state index in [1.54, 1.807) is 12.1 Å². The number of halogens is 3. The molecule has 0 aliphatic heterocycles. The monoisotopic (exact) mass is 442 g/mol. The van der Waals surface area contributed by atoms with Gasteiger partial charge in [0.05, 0.1) is 22.7 Å². The Labute approximate surface area is 184 Å². The molecule has 1 aromatic heterocycles. The van der Waals surface area contributed by atoms with E-state index in [1.165, 1.54) is 24.3 Å². The van der Waals surface area contributed by atoms with Crippen LogP contribution in [0.3, 0.4) is 0 Å². The number of nitrogens with zero attached hydrogens (tertiary/aromatic N) is 3. The largest absolute Gasteiger partial charge is 0.573 e. The molecule has 168 valence electrons. The lowest BCUT2D eigenvalue weighted by molar-refractivity contribution is -0.274. The molecule has 3 aromatic rings. The van der Waals surface area contributed by atoms with E-state index < -0.39 is 6.36 Å². The Bertz CT molecular complexity index is 1160. The minimum Gasteiger partial charge on any atom is -0.406 e. The molecule has 0 amide bonds. The molecular formula is C24H25F3N4O. The zero-order valence-electron chi connectivity index (χ0n) is 18.2. The Hall–Kier alpha value is -3.21. The molecule has 8 heteroatoms. The van der Waals surface area contributed by atoms with Crippen molar-refractivity contribution in [2.24, 2.45) is 11.3 Å². The van der Waals surface area contributed by atoms with Crippen LogP contribution in [0.5, 0.6) is 5.75 Å². The predicted octanol–water partition coefficient (Wildman–Crippen LogP) is 6.94. The number of alkyl halides is 3. The minimum absolute atomic E-state index is 0.180. The summed E-state index contributed by atoms with van der Waals surface area (Å²) in [5.74, 6) is 0.874. The third-order valence-corrected chi connectivity index (χ3v) is 5.89. The molecule has 4 rings (SSSR count). The van der Waals surface area contributed by atoms with Crippen molar-refractivity contribution in [3.05, 3.63) is 48.0 Å². The van der Waals surface area contributed by atoms with Gasteiger partial charge in [-0.15, -0.1) is 13.2 Å². The highest BCUT2D eigenvalue weighted by Gasteiger charge is 2.35. The normalized spacial score (nSPS) is 20.7. The SMILES string of the molecule is C[C@H]1CC(n2c(Nc3ccc(OC(F)(F)F)cc3)nc3cc(C#N)ccc32)CC(C)(C)C1. The quantitative estimate of drug-likeness (QED) is 0.475. The van der Waals surface area contributed by atoms with Gasteiger partial charge >= 0.3 is 6.36 Å². The maximum atomic E-state index is 12.4. The second-order valence-electron chi connectivity index (χ2n) is 9.39. The van der Waals surface area contributed by atoms with Crippen LogP contribution < -0.4 is 10.1 Å². The first-order valence-electron chi connectivity index (χ1n) is 10.6. The fourth-order valence-electron chi connectivity index (χ4n) is 4.99. The first-order chi connectivity index (χ1) is 15.0. The van der Waals surface area contributed by atoms with Crippen LogP contribution in [0, 0.1) is 22.7 Å². The van der Waals surface area contributed by atoms with E-state index >= 15 is 0 Å². The maximum Gasteiger partial charge on any atom is 0.573 e. The molecule has 1 aliphatic carbocycles. The van der Waals surface area contributed by atoms with Crippen molar-refractivity contribution in [3.63, 3.8) is 0 Å². The smallest absolute Gasteiger partial charge is 0.406 e. The number of anilines is 2. The summed E-state index contributed by atoms with van der Waals surface area (Å²) < 4.78 is 43.5. The van der Waals surface area contributed by atoms with Crippen LogP contribution in [0.15, 0.2) is 42.5 Å². The lowest BCUT2D eigenvalue weighted by Gasteiger charge is -2.40. The molecule has 1 fully saturated rings. The van der Waals surface area contributed by atoms with Gasteiger partial charge in [0.15, 0.2) is 0 Å². The lowest BCUT2D eigenvalue weighted by atomic mass is 9.70. The van der Waals surface area contributed by atoms with E-state index in [1.807, 2.05) is 6.07 Å². The lowest BCUT2D eigenvalue weighted by Crippen LogP contribution is -2.29. The van der Waals surface area contributed by atoms with Gasteiger partial charge in [-0.1, -0.05) is 20.8 Å². The molecule has 2 atom stereocenters. The first-order valence-corrected chi connectivity index (χ1v) is 10.6. The third-order valence-electron chi connectivity index (χ3n) is 5.89. The van der Waals surface area contributed by atoms with Crippen LogP contribution in [0.4, 0.5) is 24.8 Å². The maximum absolute atomic E-state index is 12.4. The molecule has 1 heterocycles. The van der Waals surface area contributed by atoms with Crippen LogP contribution in [0.1, 0.15) is 51.6 Å². The van der Waals surface area contributed by atoms with Gasteiger partial charge in [-0.2, -0.15) is 5.26 Å². The van der Waals surface area contributed by atoms with Crippen LogP contribution >= 0.6 is 0 Å². The van der Waals surface area contributed by atoms with Crippen molar-refractivity contribution >= 4 is 22.7 Å². The van der Waals surface area contributed by atoms with Crippen LogP contribution in [-0.2, 0) is 0 Å². The topological polar surface area (TPSA) is 62.9 Å². The van der Waals surface area contributed by atoms with Crippen molar-refractivity contribution in [2.45, 2.75) is 52.4 Å². The van der Waals surface area contributed by atoms with Crippen molar-refractivity contribution in [2.75, 3.05) is 5.32 Å². The van der Waals surface area contributed by atoms with E-state index in [4.69, 9.17) is 4.98 Å². The molecule has 1 aliphatic rings. The molecule has 1 saturated carbocycles. The van der Waals surface area contributed by atoms with Crippen molar-refractivity contribution in [3.8, 4) is 11.8 Å². The molecule has 32 heavy (non-hydrogen) atoms. The molecule has 1 N–H and O–H groups in total. The third kappa shape index (κ3) is 4.82. The number of benzene rings is 2. The highest BCUT2D eigenvalue weighted by atomic mass is 19.4. The number of nitrogens with one attached hydrogen (secondary N) is 1. The molecule has 5 nitrogen and oxygen atoms in total. The molecule has 0 saturated heterocycles. The Balaban J connectivity index is 1.72. The van der Waals surface area contributed by atoms with Crippen molar-refractivity contribution in [1.82, 2.24) is 9.55 Å². The number of hydrogen-bond acceptors (Lipinski definition) is 4. The first kappa shape index (κ1) is 22.0. The zero-order chi connectivity index (χ0) is 23.1. The van der Waals surface area contributed by atoms with Crippen molar-refractivity contribution < 1.29 is 17.9 Å². The molecule has 2 aromatic carbocycles. The summed E-state index contributed by atoms with van der Waals surface area (Å²) >= 11 is 0. The number of rotatable bonds is 4. The summed E-state index contributed by atoms with van der Waals surface area (Å²) in [6.45, 7) is 6.80. The number of nitriles is 1. The molecule has 1 unspecified atom stereocenters. The van der Waals surface area contributed by atoms with Crippen LogP contribution in [0.2, 0.25) is 0 Å². The summed E-state index contributed by atoms with van der Waals surface area (Å²) in [7, 11) is 0. The minimum atomic E-state index is -4.73. The Morgan fingerprint density at radius 3 is 2.50 bits per heavy atom. The summed E-state index contributed by atoms with van der Waals surface area (Å²) in [6.07, 6.45) is -1.60. The zero-order valence-corrected chi connectivity index (χ0v) is 18.2. The fraction of sp³-hybridized carbons (Fsp3) is 0.417. The Morgan fingerprint density at radius 2 is 1.88 bits per heavy atom. The van der Waals surface area contributed by atoms with E-state index in [9.17, 15) is 18.4 Å². The standard InChI is InChI=1S/C24H25F3N4O/c1-15-10-18(13-23(2,3)12-15)31-21-9-4-16(14-28)11-20(21)30-22(31)29-17-5-7-19(8-6-17)32-24(25,26)27/h4-9,11,15,18H,10,12-13H2,1-3H3,(H,29,30)/t15-,18?/m0/s1. The van der Waals surface area contributed by atoms with Gasteiger partial charge in [0.2, 0.25) is 5.95 Å². The average Bonchev–Trinajstić information content (AvgIpc) is 3.03. The number of imidazole rings is 1. The molecular weight excluding hydrogens is 417 g/mol. The van der Waals surface area contributed by atoms with Crippen LogP contribution in [-0.4, -0.2) is 15.9 Å². The molecule has 0 spiro atoms. The highest BCUT2D eigenvalue weighted by molar-refractivity contribution is 5.81. The summed E-state index contributed by atoms with van der Waals surface area (Å²) in [4.78, 5) is 4.74. The summed E-state index contributed by atoms with van der Waals surface area (Å²) in [5, 5.41) is 12.5. The van der Waals surface area contributed by atoms with Crippen LogP contribution in [0.25, 0.3) is 11.0 Å². The summed E-state index contributed by atoms with van der Waals surface area (Å²) in [5.41, 5.74) is 2.94. The van der Waals surface area contributed by atoms with E-state index in [2.05, 4.69) is 41.5 Å². The number of hydrogen-bond donors (Lipinski definition) is 1. The average molecular weight is 442 g/mol. The number of aromatic nitrogens is 2. The second-order valence-corrected chi connectivity index (χ2v) is 9.39. The van der Waals surface area contributed by atoms with Gasteiger partial charge in [0.25, 0.3) is 0 Å². The summed E-state index contributed by atoms with van der Waals surface area (Å²) in [6, 6.07) is 13.4. The van der Waals surface area contributed by atoms with Gasteiger partial charge in [0, 0.05) is 11.7 Å². The second kappa shape index (κ2) is 8.05. The predicted molar refractivity (Wildman–Crippen MR) is 117 cm³/mol. The van der Waals surface area contributed by atoms with Crippen molar-refractivity contribution in [1.29, 1.82) is 5.26 Å². The number of ether oxygens (including phenoxy) is 1. The van der Waals surface area contributed by atoms with Gasteiger partial charge in [-0.25, -0.2) is 4.98 Å². The fourth-order valence-corrected chi connectivity index (χ4v) is 4.99. The molecule has 0 bridgehead atoms. The van der Waals surface area contributed by atoms with E-state index in [0.29, 0.717) is 28.6 Å². The Kier molecular flexibility index (Phi) is 5.53. The van der Waals surface area contributed by atoms with Gasteiger partial charge in [0.1, 0.15) is 5.75 Å².